The molecule has 0 amide bonds. The quantitative estimate of drug-likeness (QED) is 0.858. The summed E-state index contributed by atoms with van der Waals surface area (Å²) in [5.74, 6) is 4.18. The van der Waals surface area contributed by atoms with E-state index in [0.29, 0.717) is 0 Å². The molecule has 94 valence electrons. The zero-order valence-electron chi connectivity index (χ0n) is 10.7. The van der Waals surface area contributed by atoms with E-state index >= 15 is 0 Å². The van der Waals surface area contributed by atoms with Gasteiger partial charge in [-0.25, -0.2) is 0 Å². The minimum atomic E-state index is 0.722. The first kappa shape index (κ1) is 11.3. The van der Waals surface area contributed by atoms with Crippen molar-refractivity contribution in [3.63, 3.8) is 0 Å². The zero-order chi connectivity index (χ0) is 11.7. The highest BCUT2D eigenvalue weighted by molar-refractivity contribution is 5.05. The van der Waals surface area contributed by atoms with Crippen LogP contribution < -0.4 is 5.32 Å². The summed E-state index contributed by atoms with van der Waals surface area (Å²) in [6.07, 6.45) is 8.62. The molecule has 0 bridgehead atoms. The molecule has 2 heteroatoms. The molecule has 0 saturated heterocycles. The van der Waals surface area contributed by atoms with Crippen molar-refractivity contribution in [3.05, 3.63) is 23.7 Å². The maximum absolute atomic E-state index is 5.60. The largest absolute Gasteiger partial charge is 0.465 e. The summed E-state index contributed by atoms with van der Waals surface area (Å²) in [6.45, 7) is 2.91. The lowest BCUT2D eigenvalue weighted by atomic mass is 9.83. The molecule has 2 nitrogen and oxygen atoms in total. The molecule has 2 unspecified atom stereocenters. The maximum Gasteiger partial charge on any atom is 0.117 e. The molecule has 1 aromatic heterocycles. The van der Waals surface area contributed by atoms with Gasteiger partial charge in [0.15, 0.2) is 0 Å². The molecule has 2 atom stereocenters. The number of hydrogen-bond donors (Lipinski definition) is 1. The highest BCUT2D eigenvalue weighted by Crippen LogP contribution is 2.43. The molecule has 0 aromatic carbocycles. The summed E-state index contributed by atoms with van der Waals surface area (Å²) in [6, 6.07) is 4.86. The summed E-state index contributed by atoms with van der Waals surface area (Å²) in [5.41, 5.74) is 0. The summed E-state index contributed by atoms with van der Waals surface area (Å²) < 4.78 is 5.60. The molecule has 17 heavy (non-hydrogen) atoms. The van der Waals surface area contributed by atoms with Crippen LogP contribution in [0.15, 0.2) is 16.5 Å². The summed E-state index contributed by atoms with van der Waals surface area (Å²) in [5, 5.41) is 3.67. The van der Waals surface area contributed by atoms with Crippen LogP contribution in [0.2, 0.25) is 0 Å². The van der Waals surface area contributed by atoms with Crippen molar-refractivity contribution in [3.8, 4) is 0 Å². The van der Waals surface area contributed by atoms with E-state index in [0.717, 1.165) is 35.9 Å². The Hall–Kier alpha value is -0.760. The average molecular weight is 233 g/mol. The van der Waals surface area contributed by atoms with E-state index in [4.69, 9.17) is 4.42 Å². The molecule has 2 fully saturated rings. The Morgan fingerprint density at radius 3 is 2.76 bits per heavy atom. The Balaban J connectivity index is 1.47. The fourth-order valence-corrected chi connectivity index (χ4v) is 3.23. The average Bonchev–Trinajstić information content (AvgIpc) is 3.11. The van der Waals surface area contributed by atoms with Crippen LogP contribution in [-0.2, 0) is 6.54 Å². The third-order valence-electron chi connectivity index (χ3n) is 4.36. The van der Waals surface area contributed by atoms with Crippen LogP contribution in [0.5, 0.6) is 0 Å². The van der Waals surface area contributed by atoms with E-state index in [2.05, 4.69) is 11.4 Å². The van der Waals surface area contributed by atoms with Crippen LogP contribution in [-0.4, -0.2) is 6.04 Å². The van der Waals surface area contributed by atoms with Gasteiger partial charge < -0.3 is 9.73 Å². The monoisotopic (exact) mass is 233 g/mol. The number of hydrogen-bond acceptors (Lipinski definition) is 2. The van der Waals surface area contributed by atoms with E-state index in [1.807, 2.05) is 13.0 Å². The second-order valence-electron chi connectivity index (χ2n) is 5.85. The van der Waals surface area contributed by atoms with Gasteiger partial charge in [0.1, 0.15) is 11.5 Å². The van der Waals surface area contributed by atoms with E-state index < -0.39 is 0 Å². The van der Waals surface area contributed by atoms with E-state index in [9.17, 15) is 0 Å². The van der Waals surface area contributed by atoms with Gasteiger partial charge in [0.05, 0.1) is 6.54 Å². The van der Waals surface area contributed by atoms with Crippen LogP contribution in [0.25, 0.3) is 0 Å². The Bertz CT molecular complexity index is 367. The molecule has 2 aliphatic rings. The van der Waals surface area contributed by atoms with Gasteiger partial charge in [0.25, 0.3) is 0 Å². The molecule has 0 aliphatic heterocycles. The lowest BCUT2D eigenvalue weighted by Gasteiger charge is -2.29. The minimum Gasteiger partial charge on any atom is -0.465 e. The highest BCUT2D eigenvalue weighted by Gasteiger charge is 2.34. The standard InChI is InChI=1S/C15H23NO/c1-11-5-8-15(17-11)10-16-14-4-2-3-13(9-14)12-6-7-12/h5,8,12-14,16H,2-4,6-7,9-10H2,1H3. The van der Waals surface area contributed by atoms with Gasteiger partial charge in [-0.2, -0.15) is 0 Å². The highest BCUT2D eigenvalue weighted by atomic mass is 16.3. The third kappa shape index (κ3) is 2.92. The molecule has 0 spiro atoms. The number of aryl methyl sites for hydroxylation is 1. The van der Waals surface area contributed by atoms with Crippen molar-refractivity contribution < 1.29 is 4.42 Å². The Labute approximate surface area is 104 Å². The van der Waals surface area contributed by atoms with Gasteiger partial charge in [-0.05, 0) is 56.6 Å². The first-order valence-electron chi connectivity index (χ1n) is 7.10. The van der Waals surface area contributed by atoms with Crippen molar-refractivity contribution in [2.75, 3.05) is 0 Å². The Morgan fingerprint density at radius 2 is 2.06 bits per heavy atom. The molecule has 3 rings (SSSR count). The zero-order valence-corrected chi connectivity index (χ0v) is 10.7. The van der Waals surface area contributed by atoms with E-state index in [1.165, 1.54) is 38.5 Å². The van der Waals surface area contributed by atoms with Gasteiger partial charge in [-0.3, -0.25) is 0 Å². The molecule has 1 N–H and O–H groups in total. The summed E-state index contributed by atoms with van der Waals surface area (Å²) in [7, 11) is 0. The topological polar surface area (TPSA) is 25.2 Å². The Morgan fingerprint density at radius 1 is 1.18 bits per heavy atom. The lowest BCUT2D eigenvalue weighted by Crippen LogP contribution is -2.34. The van der Waals surface area contributed by atoms with Crippen molar-refractivity contribution in [2.45, 2.75) is 58.0 Å². The van der Waals surface area contributed by atoms with Gasteiger partial charge in [0, 0.05) is 6.04 Å². The van der Waals surface area contributed by atoms with Crippen molar-refractivity contribution >= 4 is 0 Å². The SMILES string of the molecule is Cc1ccc(CNC2CCCC(C3CC3)C2)o1. The number of rotatable bonds is 4. The smallest absolute Gasteiger partial charge is 0.117 e. The van der Waals surface area contributed by atoms with Gasteiger partial charge in [0.2, 0.25) is 0 Å². The van der Waals surface area contributed by atoms with Gasteiger partial charge in [-0.1, -0.05) is 12.8 Å². The second-order valence-corrected chi connectivity index (χ2v) is 5.85. The van der Waals surface area contributed by atoms with Crippen molar-refractivity contribution in [1.29, 1.82) is 0 Å². The minimum absolute atomic E-state index is 0.722. The Kier molecular flexibility index (Phi) is 3.24. The molecule has 1 heterocycles. The fraction of sp³-hybridized carbons (Fsp3) is 0.733. The molecular weight excluding hydrogens is 210 g/mol. The normalized spacial score (nSPS) is 29.5. The molecule has 2 saturated carbocycles. The third-order valence-corrected chi connectivity index (χ3v) is 4.36. The lowest BCUT2D eigenvalue weighted by molar-refractivity contribution is 0.256. The predicted octanol–water partition coefficient (Wildman–Crippen LogP) is 3.65. The number of nitrogens with one attached hydrogen (secondary N) is 1. The van der Waals surface area contributed by atoms with Crippen LogP contribution in [0.3, 0.4) is 0 Å². The molecule has 1 aromatic rings. The first-order valence-corrected chi connectivity index (χ1v) is 7.10. The first-order chi connectivity index (χ1) is 8.31. The maximum atomic E-state index is 5.60. The fourth-order valence-electron chi connectivity index (χ4n) is 3.23. The van der Waals surface area contributed by atoms with Crippen LogP contribution in [0, 0.1) is 18.8 Å². The van der Waals surface area contributed by atoms with Crippen LogP contribution >= 0.6 is 0 Å². The van der Waals surface area contributed by atoms with Gasteiger partial charge in [-0.15, -0.1) is 0 Å². The summed E-state index contributed by atoms with van der Waals surface area (Å²) in [4.78, 5) is 0. The van der Waals surface area contributed by atoms with E-state index in [1.54, 1.807) is 0 Å². The predicted molar refractivity (Wildman–Crippen MR) is 68.8 cm³/mol. The van der Waals surface area contributed by atoms with Crippen molar-refractivity contribution in [1.82, 2.24) is 5.32 Å². The molecule has 2 aliphatic carbocycles. The second kappa shape index (κ2) is 4.85. The van der Waals surface area contributed by atoms with Crippen LogP contribution in [0.4, 0.5) is 0 Å². The van der Waals surface area contributed by atoms with Crippen LogP contribution in [0.1, 0.15) is 50.0 Å². The van der Waals surface area contributed by atoms with Gasteiger partial charge >= 0.3 is 0 Å². The van der Waals surface area contributed by atoms with E-state index in [-0.39, 0.29) is 0 Å². The molecule has 0 radical (unpaired) electrons. The van der Waals surface area contributed by atoms with Crippen molar-refractivity contribution in [2.24, 2.45) is 11.8 Å². The number of furan rings is 1. The molecular formula is C15H23NO. The summed E-state index contributed by atoms with van der Waals surface area (Å²) >= 11 is 0.